The average Bonchev–Trinajstić information content (AvgIpc) is 3.65. The molecule has 1 aromatic carbocycles. The number of likely N-dealkylation sites (tertiary alicyclic amines) is 1. The van der Waals surface area contributed by atoms with E-state index in [1.165, 1.54) is 39.5 Å². The molecule has 2 aliphatic rings. The van der Waals surface area contributed by atoms with E-state index in [0.29, 0.717) is 22.5 Å². The second-order valence-corrected chi connectivity index (χ2v) is 21.2. The van der Waals surface area contributed by atoms with Gasteiger partial charge < -0.3 is 24.2 Å². The predicted molar refractivity (Wildman–Crippen MR) is 190 cm³/mol. The highest BCUT2D eigenvalue weighted by atomic mass is 28.3. The fourth-order valence-corrected chi connectivity index (χ4v) is 15.5. The van der Waals surface area contributed by atoms with Crippen LogP contribution in [0.3, 0.4) is 0 Å². The number of hydrogen-bond acceptors (Lipinski definition) is 4. The molecule has 242 valence electrons. The summed E-state index contributed by atoms with van der Waals surface area (Å²) in [6.45, 7) is 21.9. The molecule has 0 radical (unpaired) electrons. The van der Waals surface area contributed by atoms with E-state index in [-0.39, 0.29) is 6.09 Å². The Morgan fingerprint density at radius 1 is 0.978 bits per heavy atom. The maximum Gasteiger partial charge on any atom is 0.410 e. The molecular formula is C37H53N5O2Si. The monoisotopic (exact) mass is 627 g/mol. The minimum atomic E-state index is -2.04. The van der Waals surface area contributed by atoms with Crippen molar-refractivity contribution in [3.05, 3.63) is 53.3 Å². The third-order valence-electron chi connectivity index (χ3n) is 10.6. The largest absolute Gasteiger partial charge is 0.444 e. The Bertz CT molecular complexity index is 1680. The van der Waals surface area contributed by atoms with E-state index in [4.69, 9.17) is 9.72 Å². The van der Waals surface area contributed by atoms with Crippen molar-refractivity contribution in [2.45, 2.75) is 123 Å². The molecule has 2 N–H and O–H groups in total. The number of ether oxygens (including phenoxy) is 1. The summed E-state index contributed by atoms with van der Waals surface area (Å²) in [5.74, 6) is 1.28. The summed E-state index contributed by atoms with van der Waals surface area (Å²) in [7, 11) is -2.04. The lowest BCUT2D eigenvalue weighted by Gasteiger charge is -2.44. The zero-order valence-electron chi connectivity index (χ0n) is 28.9. The molecule has 1 aliphatic carbocycles. The molecule has 6 rings (SSSR count). The first-order chi connectivity index (χ1) is 21.3. The van der Waals surface area contributed by atoms with Crippen LogP contribution in [-0.2, 0) is 17.6 Å². The SMILES string of the molecule is CC(C)[Si](C(C)C)(C(C)C)n1cc(C2CCN(C(=O)OC(C)(C)C)CC2)c2ccc(Nc3ccc4c5c([nH]c4n3)CCC5)cc21. The van der Waals surface area contributed by atoms with Crippen LogP contribution in [0.1, 0.15) is 104 Å². The van der Waals surface area contributed by atoms with Crippen molar-refractivity contribution in [3.63, 3.8) is 0 Å². The van der Waals surface area contributed by atoms with E-state index >= 15 is 0 Å². The smallest absolute Gasteiger partial charge is 0.410 e. The van der Waals surface area contributed by atoms with Gasteiger partial charge in [0, 0.05) is 40.8 Å². The highest BCUT2D eigenvalue weighted by Crippen LogP contribution is 2.47. The van der Waals surface area contributed by atoms with Crippen molar-refractivity contribution in [1.82, 2.24) is 19.1 Å². The van der Waals surface area contributed by atoms with Gasteiger partial charge in [-0.25, -0.2) is 9.78 Å². The maximum atomic E-state index is 12.8. The molecule has 4 aromatic rings. The van der Waals surface area contributed by atoms with E-state index in [2.05, 4.69) is 92.6 Å². The number of aryl methyl sites for hydroxylation is 2. The average molecular weight is 628 g/mol. The van der Waals surface area contributed by atoms with Gasteiger partial charge in [0.15, 0.2) is 8.24 Å². The molecule has 7 nitrogen and oxygen atoms in total. The van der Waals surface area contributed by atoms with Gasteiger partial charge in [0.25, 0.3) is 0 Å². The van der Waals surface area contributed by atoms with Crippen molar-refractivity contribution in [2.24, 2.45) is 0 Å². The normalized spacial score (nSPS) is 16.5. The van der Waals surface area contributed by atoms with E-state index < -0.39 is 13.8 Å². The maximum absolute atomic E-state index is 12.8. The molecule has 0 atom stereocenters. The highest BCUT2D eigenvalue weighted by Gasteiger charge is 2.46. The van der Waals surface area contributed by atoms with Crippen LogP contribution in [-0.4, -0.2) is 52.1 Å². The summed E-state index contributed by atoms with van der Waals surface area (Å²) in [4.78, 5) is 23.3. The number of H-pyrrole nitrogens is 1. The fourth-order valence-electron chi connectivity index (χ4n) is 8.85. The van der Waals surface area contributed by atoms with Crippen LogP contribution in [0.5, 0.6) is 0 Å². The Kier molecular flexibility index (Phi) is 8.34. The number of carbonyl (C=O) groups excluding carboxylic acids is 1. The highest BCUT2D eigenvalue weighted by molar-refractivity contribution is 6.82. The lowest BCUT2D eigenvalue weighted by Crippen LogP contribution is -2.51. The van der Waals surface area contributed by atoms with Gasteiger partial charge in [-0.2, -0.15) is 0 Å². The van der Waals surface area contributed by atoms with Crippen LogP contribution < -0.4 is 5.32 Å². The van der Waals surface area contributed by atoms with E-state index in [1.807, 2.05) is 25.7 Å². The van der Waals surface area contributed by atoms with Gasteiger partial charge in [-0.3, -0.25) is 0 Å². The fraction of sp³-hybridized carbons (Fsp3) is 0.568. The number of fused-ring (bicyclic) bond motifs is 4. The topological polar surface area (TPSA) is 75.2 Å². The van der Waals surface area contributed by atoms with E-state index in [1.54, 1.807) is 0 Å². The Morgan fingerprint density at radius 3 is 2.29 bits per heavy atom. The number of nitrogens with zero attached hydrogens (tertiary/aromatic N) is 3. The van der Waals surface area contributed by atoms with Gasteiger partial charge in [0.2, 0.25) is 0 Å². The number of amides is 1. The first kappa shape index (κ1) is 31.7. The number of piperidine rings is 1. The predicted octanol–water partition coefficient (Wildman–Crippen LogP) is 9.89. The number of aromatic amines is 1. The molecule has 4 heterocycles. The standard InChI is InChI=1S/C37H53N5O2Si/c1-23(2)45(24(3)4,25(5)6)42-22-31(26-17-19-41(20-18-26)36(43)44-37(7,8)9)29-14-13-27(21-33(29)42)38-34-16-15-30-28-11-10-12-32(28)39-35(30)40-34/h13-16,21-26H,10-12,17-20H2,1-9H3,(H2,38,39,40). The van der Waals surface area contributed by atoms with Crippen LogP contribution in [0.2, 0.25) is 16.6 Å². The van der Waals surface area contributed by atoms with Crippen molar-refractivity contribution in [3.8, 4) is 0 Å². The Morgan fingerprint density at radius 2 is 1.64 bits per heavy atom. The summed E-state index contributed by atoms with van der Waals surface area (Å²) in [6, 6.07) is 11.3. The zero-order valence-corrected chi connectivity index (χ0v) is 29.9. The molecule has 0 spiro atoms. The molecule has 1 amide bonds. The number of benzene rings is 1. The van der Waals surface area contributed by atoms with Gasteiger partial charge in [-0.15, -0.1) is 0 Å². The first-order valence-electron chi connectivity index (χ1n) is 17.2. The number of aromatic nitrogens is 3. The second-order valence-electron chi connectivity index (χ2n) is 15.4. The van der Waals surface area contributed by atoms with E-state index in [0.717, 1.165) is 55.9 Å². The number of nitrogens with one attached hydrogen (secondary N) is 2. The molecule has 0 unspecified atom stereocenters. The van der Waals surface area contributed by atoms with Crippen molar-refractivity contribution in [1.29, 1.82) is 0 Å². The van der Waals surface area contributed by atoms with Crippen molar-refractivity contribution in [2.75, 3.05) is 18.4 Å². The Balaban J connectivity index is 1.37. The minimum absolute atomic E-state index is 0.194. The van der Waals surface area contributed by atoms with Crippen LogP contribution >= 0.6 is 0 Å². The number of hydrogen-bond donors (Lipinski definition) is 2. The molecule has 1 aliphatic heterocycles. The van der Waals surface area contributed by atoms with Gasteiger partial charge in [-0.05, 0) is 117 Å². The van der Waals surface area contributed by atoms with Gasteiger partial charge in [0.05, 0.1) is 0 Å². The van der Waals surface area contributed by atoms with Gasteiger partial charge in [-0.1, -0.05) is 47.6 Å². The second kappa shape index (κ2) is 11.8. The van der Waals surface area contributed by atoms with Crippen LogP contribution in [0.25, 0.3) is 21.9 Å². The number of rotatable bonds is 7. The zero-order chi connectivity index (χ0) is 32.3. The number of anilines is 2. The summed E-state index contributed by atoms with van der Waals surface area (Å²) in [6.07, 6.45) is 7.73. The minimum Gasteiger partial charge on any atom is -0.444 e. The third-order valence-corrected chi connectivity index (χ3v) is 17.3. The van der Waals surface area contributed by atoms with E-state index in [9.17, 15) is 4.79 Å². The van der Waals surface area contributed by atoms with Crippen LogP contribution in [0.15, 0.2) is 36.5 Å². The quantitative estimate of drug-likeness (QED) is 0.200. The molecule has 45 heavy (non-hydrogen) atoms. The van der Waals surface area contributed by atoms with Crippen molar-refractivity contribution >= 4 is 47.8 Å². The summed E-state index contributed by atoms with van der Waals surface area (Å²) < 4.78 is 8.45. The summed E-state index contributed by atoms with van der Waals surface area (Å²) in [5, 5.41) is 6.27. The lowest BCUT2D eigenvalue weighted by atomic mass is 9.89. The van der Waals surface area contributed by atoms with Crippen LogP contribution in [0.4, 0.5) is 16.3 Å². The molecule has 1 fully saturated rings. The molecule has 0 bridgehead atoms. The van der Waals surface area contributed by atoms with Crippen molar-refractivity contribution < 1.29 is 9.53 Å². The molecule has 0 saturated carbocycles. The summed E-state index contributed by atoms with van der Waals surface area (Å²) >= 11 is 0. The van der Waals surface area contributed by atoms with Crippen LogP contribution in [0, 0.1) is 0 Å². The summed E-state index contributed by atoms with van der Waals surface area (Å²) in [5.41, 5.74) is 8.86. The number of carbonyl (C=O) groups is 1. The molecule has 3 aromatic heterocycles. The first-order valence-corrected chi connectivity index (χ1v) is 19.4. The third kappa shape index (κ3) is 5.68. The van der Waals surface area contributed by atoms with Gasteiger partial charge in [0.1, 0.15) is 17.1 Å². The Hall–Kier alpha value is -3.26. The van der Waals surface area contributed by atoms with Gasteiger partial charge >= 0.3 is 6.09 Å². The molecular weight excluding hydrogens is 575 g/mol. The lowest BCUT2D eigenvalue weighted by molar-refractivity contribution is 0.0205. The molecule has 8 heteroatoms. The Labute approximate surface area is 270 Å². The number of pyridine rings is 1. The molecule has 1 saturated heterocycles.